The Morgan fingerprint density at radius 1 is 1.54 bits per heavy atom. The van der Waals surface area contributed by atoms with E-state index in [4.69, 9.17) is 15.9 Å². The highest BCUT2D eigenvalue weighted by atomic mass is 16.4. The zero-order valence-electron chi connectivity index (χ0n) is 6.47. The van der Waals surface area contributed by atoms with Gasteiger partial charge in [-0.25, -0.2) is 9.48 Å². The van der Waals surface area contributed by atoms with E-state index in [1.54, 1.807) is 0 Å². The smallest absolute Gasteiger partial charge is 0.356 e. The summed E-state index contributed by atoms with van der Waals surface area (Å²) in [5, 5.41) is 20.3. The summed E-state index contributed by atoms with van der Waals surface area (Å²) in [5.41, 5.74) is 5.04. The molecule has 0 unspecified atom stereocenters. The van der Waals surface area contributed by atoms with Gasteiger partial charge in [-0.1, -0.05) is 0 Å². The summed E-state index contributed by atoms with van der Waals surface area (Å²) in [5.74, 6) is -2.36. The third-order valence-corrected chi connectivity index (χ3v) is 1.32. The second-order valence-electron chi connectivity index (χ2n) is 2.31. The highest BCUT2D eigenvalue weighted by Gasteiger charge is 2.12. The van der Waals surface area contributed by atoms with E-state index in [0.29, 0.717) is 0 Å². The van der Waals surface area contributed by atoms with Crippen LogP contribution in [0, 0.1) is 0 Å². The first kappa shape index (κ1) is 9.04. The van der Waals surface area contributed by atoms with Crippen molar-refractivity contribution in [1.29, 1.82) is 0 Å². The molecule has 70 valence electrons. The fraction of sp³-hybridized carbons (Fsp3) is 0.167. The lowest BCUT2D eigenvalue weighted by molar-refractivity contribution is -0.137. The van der Waals surface area contributed by atoms with Gasteiger partial charge in [0.15, 0.2) is 5.69 Å². The molecule has 7 heteroatoms. The molecule has 0 aromatic carbocycles. The largest absolute Gasteiger partial charge is 0.480 e. The lowest BCUT2D eigenvalue weighted by Gasteiger charge is -1.97. The summed E-state index contributed by atoms with van der Waals surface area (Å²) in [6.07, 6.45) is 0. The van der Waals surface area contributed by atoms with Crippen LogP contribution in [0.25, 0.3) is 0 Å². The SMILES string of the molecule is Nc1cc(C(=O)O)nn1CC(=O)O. The molecule has 13 heavy (non-hydrogen) atoms. The number of rotatable bonds is 3. The minimum absolute atomic E-state index is 0.0137. The normalized spacial score (nSPS) is 9.85. The van der Waals surface area contributed by atoms with Crippen LogP contribution in [-0.4, -0.2) is 31.9 Å². The second-order valence-corrected chi connectivity index (χ2v) is 2.31. The number of nitrogen functional groups attached to an aromatic ring is 1. The number of anilines is 1. The Morgan fingerprint density at radius 2 is 2.15 bits per heavy atom. The number of carboxylic acids is 2. The molecule has 4 N–H and O–H groups in total. The van der Waals surface area contributed by atoms with Crippen molar-refractivity contribution in [3.63, 3.8) is 0 Å². The monoisotopic (exact) mass is 185 g/mol. The minimum Gasteiger partial charge on any atom is -0.480 e. The van der Waals surface area contributed by atoms with Gasteiger partial charge in [0.1, 0.15) is 12.4 Å². The highest BCUT2D eigenvalue weighted by Crippen LogP contribution is 2.05. The number of hydrogen-bond acceptors (Lipinski definition) is 4. The summed E-state index contributed by atoms with van der Waals surface area (Å²) < 4.78 is 0.909. The van der Waals surface area contributed by atoms with Gasteiger partial charge in [-0.05, 0) is 0 Å². The maximum absolute atomic E-state index is 10.4. The summed E-state index contributed by atoms with van der Waals surface area (Å²) in [7, 11) is 0. The predicted molar refractivity (Wildman–Crippen MR) is 41.2 cm³/mol. The van der Waals surface area contributed by atoms with Crippen LogP contribution in [0.15, 0.2) is 6.07 Å². The third kappa shape index (κ3) is 1.95. The Hall–Kier alpha value is -2.05. The van der Waals surface area contributed by atoms with Crippen LogP contribution in [0.5, 0.6) is 0 Å². The van der Waals surface area contributed by atoms with Crippen LogP contribution in [0.2, 0.25) is 0 Å². The van der Waals surface area contributed by atoms with E-state index < -0.39 is 18.5 Å². The molecule has 7 nitrogen and oxygen atoms in total. The van der Waals surface area contributed by atoms with Gasteiger partial charge in [0.2, 0.25) is 0 Å². The first-order valence-corrected chi connectivity index (χ1v) is 3.29. The van der Waals surface area contributed by atoms with Crippen LogP contribution in [0.4, 0.5) is 5.82 Å². The molecule has 0 aliphatic heterocycles. The quantitative estimate of drug-likeness (QED) is 0.570. The van der Waals surface area contributed by atoms with Crippen LogP contribution in [0.1, 0.15) is 10.5 Å². The molecule has 0 saturated heterocycles. The first-order chi connectivity index (χ1) is 6.00. The van der Waals surface area contributed by atoms with Gasteiger partial charge in [-0.3, -0.25) is 4.79 Å². The van der Waals surface area contributed by atoms with E-state index in [0.717, 1.165) is 10.7 Å². The maximum Gasteiger partial charge on any atom is 0.356 e. The van der Waals surface area contributed by atoms with E-state index in [1.807, 2.05) is 0 Å². The van der Waals surface area contributed by atoms with E-state index in [9.17, 15) is 9.59 Å². The molecule has 0 saturated carbocycles. The molecule has 0 bridgehead atoms. The molecule has 0 amide bonds. The molecule has 0 aliphatic carbocycles. The molecular weight excluding hydrogens is 178 g/mol. The number of aliphatic carboxylic acids is 1. The number of nitrogens with two attached hydrogens (primary N) is 1. The van der Waals surface area contributed by atoms with Crippen molar-refractivity contribution in [2.24, 2.45) is 0 Å². The number of carbonyl (C=O) groups is 2. The molecule has 0 atom stereocenters. The predicted octanol–water partition coefficient (Wildman–Crippen LogP) is -0.752. The number of nitrogens with zero attached hydrogens (tertiary/aromatic N) is 2. The van der Waals surface area contributed by atoms with Crippen LogP contribution < -0.4 is 5.73 Å². The topological polar surface area (TPSA) is 118 Å². The lowest BCUT2D eigenvalue weighted by Crippen LogP contribution is -2.13. The summed E-state index contributed by atoms with van der Waals surface area (Å²) in [4.78, 5) is 20.6. The number of hydrogen-bond donors (Lipinski definition) is 3. The first-order valence-electron chi connectivity index (χ1n) is 3.29. The highest BCUT2D eigenvalue weighted by molar-refractivity contribution is 5.86. The van der Waals surface area contributed by atoms with E-state index >= 15 is 0 Å². The van der Waals surface area contributed by atoms with Gasteiger partial charge in [0, 0.05) is 6.07 Å². The Balaban J connectivity index is 2.96. The molecule has 1 rings (SSSR count). The zero-order chi connectivity index (χ0) is 10.0. The average molecular weight is 185 g/mol. The van der Waals surface area contributed by atoms with Crippen molar-refractivity contribution in [2.75, 3.05) is 5.73 Å². The van der Waals surface area contributed by atoms with Gasteiger partial charge in [-0.2, -0.15) is 5.10 Å². The Labute approximate surface area is 72.4 Å². The molecule has 1 heterocycles. The molecule has 1 aromatic heterocycles. The molecule has 0 aliphatic rings. The van der Waals surface area contributed by atoms with Gasteiger partial charge in [-0.15, -0.1) is 0 Å². The Kier molecular flexibility index (Phi) is 2.18. The fourth-order valence-corrected chi connectivity index (χ4v) is 0.791. The van der Waals surface area contributed by atoms with Crippen molar-refractivity contribution in [3.05, 3.63) is 11.8 Å². The van der Waals surface area contributed by atoms with Gasteiger partial charge in [0.05, 0.1) is 0 Å². The number of aromatic nitrogens is 2. The Bertz CT molecular complexity index is 357. The van der Waals surface area contributed by atoms with Crippen LogP contribution in [0.3, 0.4) is 0 Å². The Morgan fingerprint density at radius 3 is 2.54 bits per heavy atom. The molecule has 0 spiro atoms. The standard InChI is InChI=1S/C6H7N3O4/c7-4-1-3(6(12)13)8-9(4)2-5(10)11/h1H,2,7H2,(H,10,11)(H,12,13). The van der Waals surface area contributed by atoms with Crippen molar-refractivity contribution >= 4 is 17.8 Å². The second kappa shape index (κ2) is 3.13. The number of aromatic carboxylic acids is 1. The third-order valence-electron chi connectivity index (χ3n) is 1.32. The lowest BCUT2D eigenvalue weighted by atomic mass is 10.4. The zero-order valence-corrected chi connectivity index (χ0v) is 6.47. The van der Waals surface area contributed by atoms with E-state index in [-0.39, 0.29) is 11.5 Å². The van der Waals surface area contributed by atoms with E-state index in [1.165, 1.54) is 0 Å². The van der Waals surface area contributed by atoms with Crippen molar-refractivity contribution in [1.82, 2.24) is 9.78 Å². The minimum atomic E-state index is -1.24. The van der Waals surface area contributed by atoms with Crippen molar-refractivity contribution < 1.29 is 19.8 Å². The van der Waals surface area contributed by atoms with Crippen molar-refractivity contribution in [2.45, 2.75) is 6.54 Å². The summed E-state index contributed by atoms with van der Waals surface area (Å²) >= 11 is 0. The van der Waals surface area contributed by atoms with E-state index in [2.05, 4.69) is 5.10 Å². The fourth-order valence-electron chi connectivity index (χ4n) is 0.791. The number of carboxylic acid groups (broad SMARTS) is 2. The summed E-state index contributed by atoms with van der Waals surface area (Å²) in [6, 6.07) is 1.10. The van der Waals surface area contributed by atoms with Crippen molar-refractivity contribution in [3.8, 4) is 0 Å². The van der Waals surface area contributed by atoms with Gasteiger partial charge < -0.3 is 15.9 Å². The maximum atomic E-state index is 10.4. The average Bonchev–Trinajstić information content (AvgIpc) is 2.31. The molecular formula is C6H7N3O4. The van der Waals surface area contributed by atoms with Crippen LogP contribution in [-0.2, 0) is 11.3 Å². The summed E-state index contributed by atoms with van der Waals surface area (Å²) in [6.45, 7) is -0.445. The van der Waals surface area contributed by atoms with Gasteiger partial charge in [0.25, 0.3) is 0 Å². The molecule has 1 aromatic rings. The van der Waals surface area contributed by atoms with Gasteiger partial charge >= 0.3 is 11.9 Å². The van der Waals surface area contributed by atoms with Crippen LogP contribution >= 0.6 is 0 Å². The molecule has 0 fully saturated rings. The molecule has 0 radical (unpaired) electrons.